The number of aliphatic hydroxyl groups is 1. The molecular formula is C11H8F3N3OS. The van der Waals surface area contributed by atoms with Crippen molar-refractivity contribution < 1.29 is 18.3 Å². The van der Waals surface area contributed by atoms with Crippen LogP contribution in [0, 0.1) is 0 Å². The summed E-state index contributed by atoms with van der Waals surface area (Å²) in [5.41, 5.74) is -0.238. The maximum Gasteiger partial charge on any atom is 0.417 e. The highest BCUT2D eigenvalue weighted by Gasteiger charge is 2.30. The van der Waals surface area contributed by atoms with Crippen LogP contribution in [0.3, 0.4) is 0 Å². The number of hydrogen-bond donors (Lipinski definition) is 1. The predicted octanol–water partition coefficient (Wildman–Crippen LogP) is 2.53. The summed E-state index contributed by atoms with van der Waals surface area (Å²) >= 11 is 1.04. The van der Waals surface area contributed by atoms with Gasteiger partial charge in [0.25, 0.3) is 0 Å². The summed E-state index contributed by atoms with van der Waals surface area (Å²) in [5, 5.41) is 9.54. The zero-order valence-electron chi connectivity index (χ0n) is 9.42. The standard InChI is InChI=1S/C11H8F3N3OS/c12-11(13,14)8-1-2-9(15-5-8)19-10-16-3-7(6-18)4-17-10/h1-5,18H,6H2. The highest BCUT2D eigenvalue weighted by atomic mass is 32.2. The van der Waals surface area contributed by atoms with Crippen LogP contribution in [0.1, 0.15) is 11.1 Å². The number of pyridine rings is 1. The van der Waals surface area contributed by atoms with Gasteiger partial charge in [0.1, 0.15) is 5.03 Å². The van der Waals surface area contributed by atoms with Gasteiger partial charge in [-0.3, -0.25) is 0 Å². The fourth-order valence-corrected chi connectivity index (χ4v) is 1.82. The fraction of sp³-hybridized carbons (Fsp3) is 0.182. The largest absolute Gasteiger partial charge is 0.417 e. The van der Waals surface area contributed by atoms with Gasteiger partial charge in [-0.1, -0.05) is 0 Å². The van der Waals surface area contributed by atoms with Crippen LogP contribution >= 0.6 is 11.8 Å². The third-order valence-electron chi connectivity index (χ3n) is 2.12. The minimum atomic E-state index is -4.39. The second-order valence-corrected chi connectivity index (χ2v) is 4.50. The van der Waals surface area contributed by atoms with Crippen molar-refractivity contribution in [3.63, 3.8) is 0 Å². The van der Waals surface area contributed by atoms with E-state index in [0.717, 1.165) is 24.0 Å². The molecule has 0 atom stereocenters. The van der Waals surface area contributed by atoms with Crippen molar-refractivity contribution in [2.45, 2.75) is 23.0 Å². The molecule has 0 fully saturated rings. The average molecular weight is 287 g/mol. The van der Waals surface area contributed by atoms with Crippen LogP contribution in [0.15, 0.2) is 40.9 Å². The summed E-state index contributed by atoms with van der Waals surface area (Å²) in [6.45, 7) is -0.163. The van der Waals surface area contributed by atoms with Gasteiger partial charge in [-0.25, -0.2) is 15.0 Å². The number of rotatable bonds is 3. The molecule has 0 aromatic carbocycles. The Kier molecular flexibility index (Phi) is 4.01. The number of halogens is 3. The normalized spacial score (nSPS) is 11.6. The molecule has 0 bridgehead atoms. The minimum absolute atomic E-state index is 0.163. The molecule has 0 saturated heterocycles. The lowest BCUT2D eigenvalue weighted by Crippen LogP contribution is -2.05. The first-order chi connectivity index (χ1) is 8.99. The van der Waals surface area contributed by atoms with E-state index in [-0.39, 0.29) is 6.61 Å². The number of hydrogen-bond acceptors (Lipinski definition) is 5. The molecule has 2 rings (SSSR count). The van der Waals surface area contributed by atoms with Crippen LogP contribution in [0.5, 0.6) is 0 Å². The van der Waals surface area contributed by atoms with Gasteiger partial charge in [-0.2, -0.15) is 13.2 Å². The zero-order chi connectivity index (χ0) is 13.9. The summed E-state index contributed by atoms with van der Waals surface area (Å²) in [6, 6.07) is 2.22. The maximum atomic E-state index is 12.3. The molecule has 4 nitrogen and oxygen atoms in total. The molecule has 0 aliphatic heterocycles. The SMILES string of the molecule is OCc1cnc(Sc2ccc(C(F)(F)F)cn2)nc1. The third-order valence-corrected chi connectivity index (χ3v) is 2.97. The fourth-order valence-electron chi connectivity index (χ4n) is 1.18. The lowest BCUT2D eigenvalue weighted by Gasteiger charge is -2.06. The first kappa shape index (κ1) is 13.8. The quantitative estimate of drug-likeness (QED) is 0.879. The van der Waals surface area contributed by atoms with E-state index in [1.807, 2.05) is 0 Å². The molecule has 0 saturated carbocycles. The van der Waals surface area contributed by atoms with Gasteiger partial charge in [0, 0.05) is 24.2 Å². The van der Waals surface area contributed by atoms with E-state index >= 15 is 0 Å². The van der Waals surface area contributed by atoms with Crippen molar-refractivity contribution >= 4 is 11.8 Å². The number of nitrogens with zero attached hydrogens (tertiary/aromatic N) is 3. The summed E-state index contributed by atoms with van der Waals surface area (Å²) in [5.74, 6) is 0. The molecule has 19 heavy (non-hydrogen) atoms. The second kappa shape index (κ2) is 5.54. The van der Waals surface area contributed by atoms with Crippen molar-refractivity contribution in [3.05, 3.63) is 41.9 Å². The van der Waals surface area contributed by atoms with Gasteiger partial charge in [0.15, 0.2) is 5.16 Å². The summed E-state index contributed by atoms with van der Waals surface area (Å²) < 4.78 is 37.0. The first-order valence-electron chi connectivity index (χ1n) is 5.12. The molecule has 0 radical (unpaired) electrons. The number of aliphatic hydroxyl groups excluding tert-OH is 1. The van der Waals surface area contributed by atoms with Crippen molar-refractivity contribution in [2.24, 2.45) is 0 Å². The van der Waals surface area contributed by atoms with E-state index in [1.165, 1.54) is 18.5 Å². The summed E-state index contributed by atoms with van der Waals surface area (Å²) in [4.78, 5) is 11.6. The average Bonchev–Trinajstić information content (AvgIpc) is 2.39. The van der Waals surface area contributed by atoms with Crippen LogP contribution < -0.4 is 0 Å². The minimum Gasteiger partial charge on any atom is -0.392 e. The Morgan fingerprint density at radius 2 is 1.74 bits per heavy atom. The zero-order valence-corrected chi connectivity index (χ0v) is 10.2. The van der Waals surface area contributed by atoms with Gasteiger partial charge >= 0.3 is 6.18 Å². The maximum absolute atomic E-state index is 12.3. The molecule has 100 valence electrons. The highest BCUT2D eigenvalue weighted by molar-refractivity contribution is 7.99. The first-order valence-corrected chi connectivity index (χ1v) is 5.93. The van der Waals surface area contributed by atoms with E-state index in [0.29, 0.717) is 15.7 Å². The molecule has 1 N–H and O–H groups in total. The van der Waals surface area contributed by atoms with Crippen molar-refractivity contribution in [1.29, 1.82) is 0 Å². The summed E-state index contributed by atoms with van der Waals surface area (Å²) in [7, 11) is 0. The topological polar surface area (TPSA) is 58.9 Å². The monoisotopic (exact) mass is 287 g/mol. The number of aromatic nitrogens is 3. The molecule has 0 spiro atoms. The lowest BCUT2D eigenvalue weighted by atomic mass is 10.3. The molecule has 0 unspecified atom stereocenters. The molecule has 0 aliphatic rings. The lowest BCUT2D eigenvalue weighted by molar-refractivity contribution is -0.137. The molecule has 8 heteroatoms. The molecular weight excluding hydrogens is 279 g/mol. The molecule has 2 heterocycles. The van der Waals surface area contributed by atoms with E-state index in [4.69, 9.17) is 5.11 Å². The van der Waals surface area contributed by atoms with E-state index in [9.17, 15) is 13.2 Å². The molecule has 0 aliphatic carbocycles. The van der Waals surface area contributed by atoms with Gasteiger partial charge in [0.05, 0.1) is 12.2 Å². The molecule has 0 amide bonds. The smallest absolute Gasteiger partial charge is 0.392 e. The van der Waals surface area contributed by atoms with Crippen LogP contribution in [0.4, 0.5) is 13.2 Å². The Bertz CT molecular complexity index is 543. The van der Waals surface area contributed by atoms with E-state index in [2.05, 4.69) is 15.0 Å². The third kappa shape index (κ3) is 3.65. The van der Waals surface area contributed by atoms with Crippen LogP contribution in [-0.4, -0.2) is 20.1 Å². The van der Waals surface area contributed by atoms with E-state index < -0.39 is 11.7 Å². The predicted molar refractivity (Wildman–Crippen MR) is 61.3 cm³/mol. The Hall–Kier alpha value is -1.67. The number of alkyl halides is 3. The van der Waals surface area contributed by atoms with Crippen molar-refractivity contribution in [3.8, 4) is 0 Å². The summed E-state index contributed by atoms with van der Waals surface area (Å²) in [6.07, 6.45) is -0.737. The van der Waals surface area contributed by atoms with Crippen LogP contribution in [0.25, 0.3) is 0 Å². The highest BCUT2D eigenvalue weighted by Crippen LogP contribution is 2.30. The van der Waals surface area contributed by atoms with Crippen LogP contribution in [0.2, 0.25) is 0 Å². The molecule has 2 aromatic rings. The second-order valence-electron chi connectivity index (χ2n) is 3.52. The van der Waals surface area contributed by atoms with Crippen LogP contribution in [-0.2, 0) is 12.8 Å². The Balaban J connectivity index is 2.10. The van der Waals surface area contributed by atoms with Gasteiger partial charge < -0.3 is 5.11 Å². The van der Waals surface area contributed by atoms with Gasteiger partial charge in [0.2, 0.25) is 0 Å². The molecule has 2 aromatic heterocycles. The Morgan fingerprint density at radius 3 is 2.21 bits per heavy atom. The van der Waals surface area contributed by atoms with Gasteiger partial charge in [-0.15, -0.1) is 0 Å². The van der Waals surface area contributed by atoms with Crippen molar-refractivity contribution in [2.75, 3.05) is 0 Å². The Morgan fingerprint density at radius 1 is 1.05 bits per heavy atom. The van der Waals surface area contributed by atoms with Gasteiger partial charge in [-0.05, 0) is 23.9 Å². The van der Waals surface area contributed by atoms with Crippen molar-refractivity contribution in [1.82, 2.24) is 15.0 Å². The Labute approximate surface area is 110 Å². The van der Waals surface area contributed by atoms with E-state index in [1.54, 1.807) is 0 Å².